The Kier molecular flexibility index (Phi) is 4.72. The van der Waals surface area contributed by atoms with Gasteiger partial charge in [-0.1, -0.05) is 18.3 Å². The van der Waals surface area contributed by atoms with Crippen molar-refractivity contribution < 1.29 is 13.2 Å². The van der Waals surface area contributed by atoms with Crippen molar-refractivity contribution in [3.05, 3.63) is 29.6 Å². The molecule has 2 N–H and O–H groups in total. The van der Waals surface area contributed by atoms with Gasteiger partial charge in [-0.05, 0) is 32.0 Å². The summed E-state index contributed by atoms with van der Waals surface area (Å²) in [6.07, 6.45) is 0.366. The summed E-state index contributed by atoms with van der Waals surface area (Å²) < 4.78 is 30.5. The van der Waals surface area contributed by atoms with E-state index in [1.165, 1.54) is 16.0 Å². The number of nitrogens with one attached hydrogen (secondary N) is 2. The number of nitrogens with zero attached hydrogens (tertiary/aromatic N) is 3. The molecule has 138 valence electrons. The third-order valence-electron chi connectivity index (χ3n) is 3.92. The second kappa shape index (κ2) is 6.69. The lowest BCUT2D eigenvalue weighted by atomic mass is 10.3. The van der Waals surface area contributed by atoms with Crippen LogP contribution in [0.15, 0.2) is 23.1 Å². The van der Waals surface area contributed by atoms with Gasteiger partial charge in [0.1, 0.15) is 4.90 Å². The summed E-state index contributed by atoms with van der Waals surface area (Å²) in [6, 6.07) is 5.09. The van der Waals surface area contributed by atoms with E-state index < -0.39 is 10.0 Å². The molecule has 3 rings (SSSR count). The normalized spacial score (nSPS) is 11.7. The molecule has 1 amide bonds. The van der Waals surface area contributed by atoms with Crippen LogP contribution in [0.5, 0.6) is 0 Å². The largest absolute Gasteiger partial charge is 0.302 e. The third kappa shape index (κ3) is 3.42. The molecule has 3 aromatic rings. The Morgan fingerprint density at radius 2 is 2.04 bits per heavy atom. The highest BCUT2D eigenvalue weighted by atomic mass is 32.2. The predicted molar refractivity (Wildman–Crippen MR) is 102 cm³/mol. The molecule has 0 aliphatic rings. The number of rotatable bonds is 5. The molecule has 0 aliphatic carbocycles. The Hall–Kier alpha value is -2.46. The lowest BCUT2D eigenvalue weighted by molar-refractivity contribution is -0.115. The number of carbonyl (C=O) groups excluding carboxylic acids is 1. The summed E-state index contributed by atoms with van der Waals surface area (Å²) in [5, 5.41) is 7.36. The number of carbonyl (C=O) groups is 1. The quantitative estimate of drug-likeness (QED) is 0.693. The van der Waals surface area contributed by atoms with Crippen molar-refractivity contribution in [2.45, 2.75) is 32.1 Å². The van der Waals surface area contributed by atoms with Crippen LogP contribution in [0.25, 0.3) is 10.2 Å². The van der Waals surface area contributed by atoms with Crippen LogP contribution in [-0.4, -0.2) is 29.1 Å². The molecule has 8 nitrogen and oxygen atoms in total. The van der Waals surface area contributed by atoms with E-state index >= 15 is 0 Å². The van der Waals surface area contributed by atoms with Crippen LogP contribution in [0.4, 0.5) is 10.8 Å². The fourth-order valence-electron chi connectivity index (χ4n) is 2.60. The van der Waals surface area contributed by atoms with E-state index in [2.05, 4.69) is 20.1 Å². The number of hydrogen-bond donors (Lipinski definition) is 2. The average Bonchev–Trinajstić information content (AvgIpc) is 3.06. The summed E-state index contributed by atoms with van der Waals surface area (Å²) in [7, 11) is -2.06. The number of aryl methyl sites for hydroxylation is 2. The zero-order valence-electron chi connectivity index (χ0n) is 14.8. The van der Waals surface area contributed by atoms with Crippen molar-refractivity contribution in [1.29, 1.82) is 0 Å². The molecule has 0 aliphatic heterocycles. The van der Waals surface area contributed by atoms with E-state index in [4.69, 9.17) is 0 Å². The van der Waals surface area contributed by atoms with Crippen molar-refractivity contribution in [2.75, 3.05) is 10.0 Å². The number of anilines is 2. The Labute approximate surface area is 155 Å². The van der Waals surface area contributed by atoms with Crippen LogP contribution in [0.2, 0.25) is 0 Å². The molecule has 0 fully saturated rings. The maximum absolute atomic E-state index is 12.7. The summed E-state index contributed by atoms with van der Waals surface area (Å²) >= 11 is 1.34. The molecule has 2 heterocycles. The Morgan fingerprint density at radius 1 is 1.31 bits per heavy atom. The molecule has 10 heteroatoms. The second-order valence-electron chi connectivity index (χ2n) is 5.83. The van der Waals surface area contributed by atoms with Crippen LogP contribution < -0.4 is 10.0 Å². The average molecular weight is 393 g/mol. The number of benzene rings is 1. The summed E-state index contributed by atoms with van der Waals surface area (Å²) in [5.41, 5.74) is 2.02. The Balaban J connectivity index is 1.92. The number of sulfonamides is 1. The van der Waals surface area contributed by atoms with Crippen molar-refractivity contribution >= 4 is 48.3 Å². The fourth-order valence-corrected chi connectivity index (χ4v) is 4.95. The molecule has 26 heavy (non-hydrogen) atoms. The Morgan fingerprint density at radius 3 is 2.65 bits per heavy atom. The van der Waals surface area contributed by atoms with Gasteiger partial charge in [-0.3, -0.25) is 14.2 Å². The molecule has 0 spiro atoms. The molecular formula is C16H19N5O3S2. The van der Waals surface area contributed by atoms with Crippen molar-refractivity contribution in [3.8, 4) is 0 Å². The molecule has 0 radical (unpaired) electrons. The summed E-state index contributed by atoms with van der Waals surface area (Å²) in [5.74, 6) is -0.118. The topological polar surface area (TPSA) is 106 Å². The minimum atomic E-state index is -3.77. The number of thiazole rings is 1. The molecule has 0 saturated carbocycles. The SMILES string of the molecule is CCC(=O)Nc1nc2cc(NS(=O)(=O)c3c(C)nn(C)c3C)ccc2s1. The standard InChI is InChI=1S/C16H19N5O3S2/c1-5-14(22)18-16-17-12-8-11(6-7-13(12)25-16)20-26(23,24)15-9(2)19-21(4)10(15)3/h6-8,20H,5H2,1-4H3,(H,17,18,22). The summed E-state index contributed by atoms with van der Waals surface area (Å²) in [6.45, 7) is 5.13. The van der Waals surface area contributed by atoms with Gasteiger partial charge < -0.3 is 5.32 Å². The first-order valence-corrected chi connectivity index (χ1v) is 10.2. The zero-order chi connectivity index (χ0) is 19.1. The van der Waals surface area contributed by atoms with Gasteiger partial charge in [0.25, 0.3) is 10.0 Å². The third-order valence-corrected chi connectivity index (χ3v) is 6.50. The highest BCUT2D eigenvalue weighted by Crippen LogP contribution is 2.29. The molecule has 0 bridgehead atoms. The maximum Gasteiger partial charge on any atom is 0.265 e. The van der Waals surface area contributed by atoms with Gasteiger partial charge in [-0.2, -0.15) is 5.10 Å². The fraction of sp³-hybridized carbons (Fsp3) is 0.312. The number of hydrogen-bond acceptors (Lipinski definition) is 6. The Bertz CT molecular complexity index is 1100. The van der Waals surface area contributed by atoms with Gasteiger partial charge in [0.15, 0.2) is 5.13 Å². The van der Waals surface area contributed by atoms with Crippen LogP contribution in [0.3, 0.4) is 0 Å². The first-order chi connectivity index (χ1) is 12.2. The maximum atomic E-state index is 12.7. The monoisotopic (exact) mass is 393 g/mol. The van der Waals surface area contributed by atoms with Gasteiger partial charge in [0.05, 0.1) is 27.3 Å². The van der Waals surface area contributed by atoms with Crippen LogP contribution in [-0.2, 0) is 21.9 Å². The smallest absolute Gasteiger partial charge is 0.265 e. The van der Waals surface area contributed by atoms with Crippen LogP contribution in [0.1, 0.15) is 24.7 Å². The van der Waals surface area contributed by atoms with E-state index in [1.807, 2.05) is 0 Å². The highest BCUT2D eigenvalue weighted by molar-refractivity contribution is 7.92. The van der Waals surface area contributed by atoms with Gasteiger partial charge in [-0.25, -0.2) is 13.4 Å². The van der Waals surface area contributed by atoms with Crippen molar-refractivity contribution in [2.24, 2.45) is 7.05 Å². The number of aromatic nitrogens is 3. The lowest BCUT2D eigenvalue weighted by Crippen LogP contribution is -2.14. The zero-order valence-corrected chi connectivity index (χ0v) is 16.5. The first-order valence-electron chi connectivity index (χ1n) is 7.94. The first kappa shape index (κ1) is 18.3. The lowest BCUT2D eigenvalue weighted by Gasteiger charge is -2.08. The molecule has 2 aromatic heterocycles. The van der Waals surface area contributed by atoms with Crippen LogP contribution in [0, 0.1) is 13.8 Å². The van der Waals surface area contributed by atoms with Crippen molar-refractivity contribution in [1.82, 2.24) is 14.8 Å². The summed E-state index contributed by atoms with van der Waals surface area (Å²) in [4.78, 5) is 16.0. The van der Waals surface area contributed by atoms with Gasteiger partial charge in [0.2, 0.25) is 5.91 Å². The number of fused-ring (bicyclic) bond motifs is 1. The molecular weight excluding hydrogens is 374 g/mol. The molecule has 1 aromatic carbocycles. The predicted octanol–water partition coefficient (Wildman–Crippen LogP) is 2.80. The highest BCUT2D eigenvalue weighted by Gasteiger charge is 2.24. The molecule has 0 atom stereocenters. The second-order valence-corrected chi connectivity index (χ2v) is 8.48. The molecule has 0 unspecified atom stereocenters. The minimum Gasteiger partial charge on any atom is -0.302 e. The van der Waals surface area contributed by atoms with Crippen molar-refractivity contribution in [3.63, 3.8) is 0 Å². The van der Waals surface area contributed by atoms with Gasteiger partial charge >= 0.3 is 0 Å². The number of amides is 1. The van der Waals surface area contributed by atoms with Crippen LogP contribution >= 0.6 is 11.3 Å². The van der Waals surface area contributed by atoms with E-state index in [0.717, 1.165) is 4.70 Å². The van der Waals surface area contributed by atoms with Gasteiger partial charge in [-0.15, -0.1) is 0 Å². The van der Waals surface area contributed by atoms with E-state index in [0.29, 0.717) is 34.1 Å². The van der Waals surface area contributed by atoms with E-state index in [1.54, 1.807) is 46.0 Å². The minimum absolute atomic E-state index is 0.118. The molecule has 0 saturated heterocycles. The van der Waals surface area contributed by atoms with Gasteiger partial charge in [0, 0.05) is 13.5 Å². The van der Waals surface area contributed by atoms with E-state index in [9.17, 15) is 13.2 Å². The van der Waals surface area contributed by atoms with E-state index in [-0.39, 0.29) is 10.8 Å².